The third kappa shape index (κ3) is 2.63. The molecule has 0 fully saturated rings. The highest BCUT2D eigenvalue weighted by Crippen LogP contribution is 1.98. The average molecular weight is 155 g/mol. The van der Waals surface area contributed by atoms with Gasteiger partial charge >= 0.3 is 0 Å². The van der Waals surface area contributed by atoms with Crippen LogP contribution >= 0.6 is 0 Å². The van der Waals surface area contributed by atoms with E-state index in [-0.39, 0.29) is 5.78 Å². The molecule has 3 heteroatoms. The van der Waals surface area contributed by atoms with Crippen LogP contribution in [0.25, 0.3) is 0 Å². The number of Topliss-reactive ketones (excluding diaryl/α,β-unsaturated/α-hetero) is 1. The maximum Gasteiger partial charge on any atom is 0.209 e. The van der Waals surface area contributed by atoms with Crippen molar-refractivity contribution < 1.29 is 9.90 Å². The van der Waals surface area contributed by atoms with Crippen molar-refractivity contribution in [2.75, 3.05) is 0 Å². The first kappa shape index (κ1) is 10.0. The van der Waals surface area contributed by atoms with Crippen LogP contribution in [-0.4, -0.2) is 22.7 Å². The lowest BCUT2D eigenvalue weighted by Crippen LogP contribution is -2.26. The smallest absolute Gasteiger partial charge is 0.209 e. The second kappa shape index (κ2) is 4.79. The van der Waals surface area contributed by atoms with E-state index in [1.54, 1.807) is 6.92 Å². The largest absolute Gasteiger partial charge is 0.381 e. The highest BCUT2D eigenvalue weighted by Gasteiger charge is 2.16. The highest BCUT2D eigenvalue weighted by molar-refractivity contribution is 6.41. The van der Waals surface area contributed by atoms with Gasteiger partial charge in [0.1, 0.15) is 6.10 Å². The van der Waals surface area contributed by atoms with Crippen LogP contribution < -0.4 is 0 Å². The molecular formula is C8H13NO2. The first-order chi connectivity index (χ1) is 5.22. The second-order valence-electron chi connectivity index (χ2n) is 1.87. The number of hydrogen-bond donors (Lipinski definition) is 1. The topological polar surface area (TPSA) is 49.7 Å². The van der Waals surface area contributed by atoms with E-state index in [1.165, 1.54) is 12.3 Å². The summed E-state index contributed by atoms with van der Waals surface area (Å²) in [7, 11) is 0. The molecule has 3 nitrogen and oxygen atoms in total. The predicted molar refractivity (Wildman–Crippen MR) is 44.6 cm³/mol. The molecular weight excluding hydrogens is 142 g/mol. The van der Waals surface area contributed by atoms with E-state index >= 15 is 0 Å². The number of carbonyl (C=O) groups is 1. The summed E-state index contributed by atoms with van der Waals surface area (Å²) < 4.78 is 0. The number of hydrogen-bond acceptors (Lipinski definition) is 3. The zero-order valence-electron chi connectivity index (χ0n) is 7.03. The van der Waals surface area contributed by atoms with Crippen LogP contribution in [0.4, 0.5) is 0 Å². The average Bonchev–Trinajstić information content (AvgIpc) is 2.04. The van der Waals surface area contributed by atoms with Crippen LogP contribution in [0.5, 0.6) is 0 Å². The molecule has 0 spiro atoms. The summed E-state index contributed by atoms with van der Waals surface area (Å²) in [6.07, 6.45) is 1.82. The molecule has 0 aliphatic carbocycles. The van der Waals surface area contributed by atoms with E-state index in [0.29, 0.717) is 5.71 Å². The number of aliphatic hydroxyl groups excluding tert-OH is 1. The number of carbonyl (C=O) groups excluding carboxylic acids is 1. The van der Waals surface area contributed by atoms with Crippen LogP contribution in [0.3, 0.4) is 0 Å². The number of aliphatic imine (C=N–C) groups is 1. The Morgan fingerprint density at radius 3 is 2.45 bits per heavy atom. The molecule has 0 saturated heterocycles. The summed E-state index contributed by atoms with van der Waals surface area (Å²) in [5, 5.41) is 8.83. The van der Waals surface area contributed by atoms with Crippen molar-refractivity contribution in [1.82, 2.24) is 0 Å². The molecule has 0 aromatic carbocycles. The zero-order valence-corrected chi connectivity index (χ0v) is 7.03. The van der Waals surface area contributed by atoms with Crippen molar-refractivity contribution in [2.24, 2.45) is 4.99 Å². The molecule has 1 aliphatic rings. The Kier molecular flexibility index (Phi) is 4.38. The number of rotatable bonds is 0. The van der Waals surface area contributed by atoms with E-state index in [2.05, 4.69) is 4.99 Å². The fourth-order valence-electron chi connectivity index (χ4n) is 0.601. The quantitative estimate of drug-likeness (QED) is 0.565. The molecule has 1 aliphatic heterocycles. The lowest BCUT2D eigenvalue weighted by Gasteiger charge is -2.05. The maximum atomic E-state index is 10.7. The Labute approximate surface area is 66.5 Å². The van der Waals surface area contributed by atoms with Gasteiger partial charge in [-0.05, 0) is 13.0 Å². The SMILES string of the molecule is CC.CC1=NC=CC(O)C1=O. The molecule has 0 bridgehead atoms. The van der Waals surface area contributed by atoms with Gasteiger partial charge in [-0.25, -0.2) is 0 Å². The van der Waals surface area contributed by atoms with Crippen molar-refractivity contribution in [3.63, 3.8) is 0 Å². The fraction of sp³-hybridized carbons (Fsp3) is 0.500. The standard InChI is InChI=1S/C6H7NO2.C2H6/c1-4-6(9)5(8)2-3-7-4;1-2/h2-3,5,8H,1H3;1-2H3. The molecule has 11 heavy (non-hydrogen) atoms. The summed E-state index contributed by atoms with van der Waals surface area (Å²) in [6, 6.07) is 0. The lowest BCUT2D eigenvalue weighted by molar-refractivity contribution is -0.118. The van der Waals surface area contributed by atoms with Crippen molar-refractivity contribution in [3.8, 4) is 0 Å². The minimum Gasteiger partial charge on any atom is -0.381 e. The van der Waals surface area contributed by atoms with E-state index in [4.69, 9.17) is 5.11 Å². The number of ketones is 1. The minimum atomic E-state index is -0.970. The Balaban J connectivity index is 0.000000461. The van der Waals surface area contributed by atoms with Gasteiger partial charge in [0.25, 0.3) is 0 Å². The zero-order chi connectivity index (χ0) is 8.85. The fourth-order valence-corrected chi connectivity index (χ4v) is 0.601. The van der Waals surface area contributed by atoms with Gasteiger partial charge < -0.3 is 5.11 Å². The van der Waals surface area contributed by atoms with Crippen LogP contribution in [-0.2, 0) is 4.79 Å². The Morgan fingerprint density at radius 1 is 1.55 bits per heavy atom. The Bertz CT molecular complexity index is 194. The molecule has 1 N–H and O–H groups in total. The van der Waals surface area contributed by atoms with Crippen LogP contribution in [0.1, 0.15) is 20.8 Å². The van der Waals surface area contributed by atoms with Crippen LogP contribution in [0.15, 0.2) is 17.3 Å². The summed E-state index contributed by atoms with van der Waals surface area (Å²) in [5.41, 5.74) is 0.366. The highest BCUT2D eigenvalue weighted by atomic mass is 16.3. The first-order valence-corrected chi connectivity index (χ1v) is 3.65. The van der Waals surface area contributed by atoms with Gasteiger partial charge in [-0.2, -0.15) is 0 Å². The van der Waals surface area contributed by atoms with Gasteiger partial charge in [0.2, 0.25) is 5.78 Å². The Morgan fingerprint density at radius 2 is 2.09 bits per heavy atom. The molecule has 62 valence electrons. The van der Waals surface area contributed by atoms with Gasteiger partial charge in [0, 0.05) is 6.20 Å². The van der Waals surface area contributed by atoms with Crippen LogP contribution in [0, 0.1) is 0 Å². The van der Waals surface area contributed by atoms with E-state index in [0.717, 1.165) is 0 Å². The van der Waals surface area contributed by atoms with Gasteiger partial charge in [-0.1, -0.05) is 13.8 Å². The third-order valence-electron chi connectivity index (χ3n) is 1.16. The molecule has 0 saturated carbocycles. The number of aliphatic hydroxyl groups is 1. The van der Waals surface area contributed by atoms with Crippen molar-refractivity contribution >= 4 is 11.5 Å². The van der Waals surface area contributed by atoms with E-state index in [1.807, 2.05) is 13.8 Å². The molecule has 0 aromatic heterocycles. The monoisotopic (exact) mass is 155 g/mol. The maximum absolute atomic E-state index is 10.7. The molecule has 1 rings (SSSR count). The third-order valence-corrected chi connectivity index (χ3v) is 1.16. The summed E-state index contributed by atoms with van der Waals surface area (Å²) in [6.45, 7) is 5.58. The second-order valence-corrected chi connectivity index (χ2v) is 1.87. The van der Waals surface area contributed by atoms with Gasteiger partial charge in [0.05, 0.1) is 5.71 Å². The Hall–Kier alpha value is -0.960. The predicted octanol–water partition coefficient (Wildman–Crippen LogP) is 0.931. The number of nitrogens with zero attached hydrogens (tertiary/aromatic N) is 1. The van der Waals surface area contributed by atoms with Crippen molar-refractivity contribution in [2.45, 2.75) is 26.9 Å². The van der Waals surface area contributed by atoms with Gasteiger partial charge in [-0.15, -0.1) is 0 Å². The van der Waals surface area contributed by atoms with E-state index in [9.17, 15) is 4.79 Å². The summed E-state index contributed by atoms with van der Waals surface area (Å²) >= 11 is 0. The minimum absolute atomic E-state index is 0.308. The van der Waals surface area contributed by atoms with Crippen LogP contribution in [0.2, 0.25) is 0 Å². The van der Waals surface area contributed by atoms with Crippen molar-refractivity contribution in [1.29, 1.82) is 0 Å². The molecule has 0 radical (unpaired) electrons. The molecule has 0 amide bonds. The van der Waals surface area contributed by atoms with E-state index < -0.39 is 6.10 Å². The molecule has 0 aromatic rings. The van der Waals surface area contributed by atoms with Crippen molar-refractivity contribution in [3.05, 3.63) is 12.3 Å². The summed E-state index contributed by atoms with van der Waals surface area (Å²) in [5.74, 6) is -0.308. The first-order valence-electron chi connectivity index (χ1n) is 3.65. The normalized spacial score (nSPS) is 22.0. The summed E-state index contributed by atoms with van der Waals surface area (Å²) in [4.78, 5) is 14.4. The molecule has 1 unspecified atom stereocenters. The van der Waals surface area contributed by atoms with Gasteiger partial charge in [-0.3, -0.25) is 9.79 Å². The molecule has 1 heterocycles. The molecule has 1 atom stereocenters. The van der Waals surface area contributed by atoms with Gasteiger partial charge in [0.15, 0.2) is 0 Å². The lowest BCUT2D eigenvalue weighted by atomic mass is 10.1.